The number of carbonyl (C=O) groups excluding carboxylic acids is 2. The Hall–Kier alpha value is -0.708. The maximum Gasteiger partial charge on any atom is 2.00 e. The quantitative estimate of drug-likeness (QED) is 0.426. The fourth-order valence-corrected chi connectivity index (χ4v) is 0. The van der Waals surface area contributed by atoms with Crippen LogP contribution in [0.1, 0.15) is 20.8 Å². The van der Waals surface area contributed by atoms with Crippen molar-refractivity contribution in [1.82, 2.24) is 0 Å². The van der Waals surface area contributed by atoms with Crippen molar-refractivity contribution in [1.29, 1.82) is 0 Å². The number of hydrogen-bond acceptors (Lipinski definition) is 6. The van der Waals surface area contributed by atoms with E-state index in [9.17, 15) is 4.79 Å². The largest absolute Gasteiger partial charge is 2.00 e. The molecule has 0 aromatic heterocycles. The number of carboxylic acids is 3. The van der Waals surface area contributed by atoms with Gasteiger partial charge >= 0.3 is 33.3 Å². The molecule has 0 spiro atoms. The number of aliphatic carboxylic acids is 3. The third-order valence-electron chi connectivity index (χ3n) is 0.357. The van der Waals surface area contributed by atoms with Crippen LogP contribution in [0, 0.1) is 0 Å². The molecule has 0 aromatic carbocycles. The molecule has 0 saturated carbocycles. The van der Waals surface area contributed by atoms with Crippen LogP contribution in [-0.2, 0) is 14.4 Å². The third kappa shape index (κ3) is 156. The molecule has 86 valence electrons. The van der Waals surface area contributed by atoms with E-state index in [1.807, 2.05) is 0 Å². The molecule has 0 amide bonds. The fraction of sp³-hybridized carbons (Fsp3) is 0.571. The Morgan fingerprint density at radius 3 is 1.13 bits per heavy atom. The first-order valence-corrected chi connectivity index (χ1v) is 3.37. The molecular formula is C7H12O7Pb. The van der Waals surface area contributed by atoms with Crippen LogP contribution in [0.3, 0.4) is 0 Å². The zero-order valence-electron chi connectivity index (χ0n) is 8.51. The molecule has 7 nitrogen and oxygen atoms in total. The first kappa shape index (κ1) is 23.8. The number of aliphatic hydroxyl groups excluding tert-OH is 1. The second-order valence-electron chi connectivity index (χ2n) is 2.00. The summed E-state index contributed by atoms with van der Waals surface area (Å²) in [5.41, 5.74) is 0. The SMILES string of the molecule is CC(=O)[O-].CC(=O)[O-].CC(O)C(=O)O.[Pb+2]. The monoisotopic (exact) mass is 416 g/mol. The first-order valence-electron chi connectivity index (χ1n) is 3.37. The molecule has 0 aliphatic heterocycles. The van der Waals surface area contributed by atoms with Gasteiger partial charge in [0.05, 0.1) is 0 Å². The Labute approximate surface area is 107 Å². The van der Waals surface area contributed by atoms with Crippen molar-refractivity contribution in [2.24, 2.45) is 0 Å². The summed E-state index contributed by atoms with van der Waals surface area (Å²) in [4.78, 5) is 27.2. The van der Waals surface area contributed by atoms with E-state index in [0.29, 0.717) is 0 Å². The van der Waals surface area contributed by atoms with Gasteiger partial charge in [0.2, 0.25) is 0 Å². The molecule has 0 aromatic rings. The minimum atomic E-state index is -1.23. The molecule has 2 N–H and O–H groups in total. The fourth-order valence-electron chi connectivity index (χ4n) is 0. The smallest absolute Gasteiger partial charge is 0.550 e. The predicted octanol–water partition coefficient (Wildman–Crippen LogP) is -3.42. The molecule has 0 bridgehead atoms. The van der Waals surface area contributed by atoms with E-state index >= 15 is 0 Å². The van der Waals surface area contributed by atoms with Crippen molar-refractivity contribution >= 4 is 45.2 Å². The van der Waals surface area contributed by atoms with Gasteiger partial charge in [0.25, 0.3) is 0 Å². The zero-order valence-corrected chi connectivity index (χ0v) is 12.4. The van der Waals surface area contributed by atoms with Gasteiger partial charge in [-0.1, -0.05) is 0 Å². The number of carbonyl (C=O) groups is 3. The van der Waals surface area contributed by atoms with E-state index in [1.165, 1.54) is 6.92 Å². The predicted molar refractivity (Wildman–Crippen MR) is 46.4 cm³/mol. The first-order chi connectivity index (χ1) is 6.11. The van der Waals surface area contributed by atoms with Crippen molar-refractivity contribution in [3.63, 3.8) is 0 Å². The summed E-state index contributed by atoms with van der Waals surface area (Å²) in [6, 6.07) is 0. The summed E-state index contributed by atoms with van der Waals surface area (Å²) in [6.45, 7) is 3.14. The van der Waals surface area contributed by atoms with Crippen LogP contribution in [-0.4, -0.2) is 61.5 Å². The summed E-state index contributed by atoms with van der Waals surface area (Å²) in [5, 5.41) is 33.5. The summed E-state index contributed by atoms with van der Waals surface area (Å²) < 4.78 is 0. The normalized spacial score (nSPS) is 8.80. The van der Waals surface area contributed by atoms with E-state index in [1.54, 1.807) is 0 Å². The van der Waals surface area contributed by atoms with Crippen molar-refractivity contribution in [3.8, 4) is 0 Å². The van der Waals surface area contributed by atoms with E-state index < -0.39 is 24.0 Å². The minimum Gasteiger partial charge on any atom is -0.550 e. The van der Waals surface area contributed by atoms with Crippen molar-refractivity contribution < 1.29 is 34.8 Å². The van der Waals surface area contributed by atoms with Crippen LogP contribution >= 0.6 is 0 Å². The minimum absolute atomic E-state index is 0. The van der Waals surface area contributed by atoms with Crippen molar-refractivity contribution in [3.05, 3.63) is 0 Å². The molecule has 0 aliphatic rings. The van der Waals surface area contributed by atoms with Gasteiger partial charge in [0.15, 0.2) is 0 Å². The van der Waals surface area contributed by atoms with Gasteiger partial charge in [-0.2, -0.15) is 0 Å². The molecule has 0 heterocycles. The molecule has 0 rings (SSSR count). The van der Waals surface area contributed by atoms with Gasteiger partial charge in [0.1, 0.15) is 6.10 Å². The van der Waals surface area contributed by atoms with Crippen LogP contribution in [0.15, 0.2) is 0 Å². The van der Waals surface area contributed by atoms with Gasteiger partial charge in [-0.25, -0.2) is 4.79 Å². The van der Waals surface area contributed by atoms with Crippen LogP contribution < -0.4 is 10.2 Å². The number of rotatable bonds is 1. The van der Waals surface area contributed by atoms with E-state index in [0.717, 1.165) is 13.8 Å². The van der Waals surface area contributed by atoms with E-state index in [2.05, 4.69) is 0 Å². The number of aliphatic hydroxyl groups is 1. The molecule has 0 fully saturated rings. The second kappa shape index (κ2) is 15.8. The summed E-state index contributed by atoms with van der Waals surface area (Å²) in [5.74, 6) is -3.35. The molecule has 2 radical (unpaired) electrons. The Morgan fingerprint density at radius 2 is 1.13 bits per heavy atom. The van der Waals surface area contributed by atoms with Gasteiger partial charge in [-0.05, 0) is 20.8 Å². The standard InChI is InChI=1S/C3H6O3.2C2H4O2.Pb/c1-2(4)3(5)6;2*1-2(3)4;/h2,4H,1H3,(H,5,6);2*1H3,(H,3,4);/q;;;+2/p-2. The van der Waals surface area contributed by atoms with Gasteiger partial charge in [-0.15, -0.1) is 0 Å². The average Bonchev–Trinajstić information content (AvgIpc) is 1.83. The van der Waals surface area contributed by atoms with Gasteiger partial charge in [-0.3, -0.25) is 0 Å². The summed E-state index contributed by atoms with van der Waals surface area (Å²) in [7, 11) is 0. The summed E-state index contributed by atoms with van der Waals surface area (Å²) >= 11 is 0. The molecule has 8 heteroatoms. The molecule has 1 unspecified atom stereocenters. The Morgan fingerprint density at radius 1 is 1.07 bits per heavy atom. The molecule has 1 atom stereocenters. The maximum atomic E-state index is 9.45. The van der Waals surface area contributed by atoms with Crippen LogP contribution in [0.5, 0.6) is 0 Å². The van der Waals surface area contributed by atoms with Crippen LogP contribution in [0.2, 0.25) is 0 Å². The molecular weight excluding hydrogens is 403 g/mol. The topological polar surface area (TPSA) is 138 Å². The van der Waals surface area contributed by atoms with Crippen LogP contribution in [0.25, 0.3) is 0 Å². The number of carboxylic acid groups (broad SMARTS) is 3. The second-order valence-corrected chi connectivity index (χ2v) is 2.00. The summed E-state index contributed by atoms with van der Waals surface area (Å²) in [6.07, 6.45) is -1.23. The zero-order chi connectivity index (χ0) is 12.3. The molecule has 0 aliphatic carbocycles. The van der Waals surface area contributed by atoms with E-state index in [-0.39, 0.29) is 27.3 Å². The van der Waals surface area contributed by atoms with Crippen LogP contribution in [0.4, 0.5) is 0 Å². The van der Waals surface area contributed by atoms with Crippen molar-refractivity contribution in [2.45, 2.75) is 26.9 Å². The Bertz CT molecular complexity index is 170. The van der Waals surface area contributed by atoms with Crippen molar-refractivity contribution in [2.75, 3.05) is 0 Å². The van der Waals surface area contributed by atoms with Gasteiger partial charge < -0.3 is 30.0 Å². The maximum absolute atomic E-state index is 9.45. The number of hydrogen-bond donors (Lipinski definition) is 2. The molecule has 0 saturated heterocycles. The van der Waals surface area contributed by atoms with Gasteiger partial charge in [0, 0.05) is 11.9 Å². The Balaban J connectivity index is -0.0000000606. The van der Waals surface area contributed by atoms with E-state index in [4.69, 9.17) is 30.0 Å². The Kier molecular flexibility index (Phi) is 25.0. The third-order valence-corrected chi connectivity index (χ3v) is 0.357. The average molecular weight is 415 g/mol. The molecule has 15 heavy (non-hydrogen) atoms.